The van der Waals surface area contributed by atoms with Gasteiger partial charge >= 0.3 is 0 Å². The fourth-order valence-corrected chi connectivity index (χ4v) is 0.215. The van der Waals surface area contributed by atoms with Crippen molar-refractivity contribution in [3.63, 3.8) is 0 Å². The van der Waals surface area contributed by atoms with Crippen molar-refractivity contribution in [2.75, 3.05) is 0 Å². The smallest absolute Gasteiger partial charge is 0.0919 e. The molecule has 1 aromatic heterocycles. The normalized spacial score (nSPS) is 6.62. The lowest BCUT2D eigenvalue weighted by Gasteiger charge is -1.46. The minimum absolute atomic E-state index is 1.62. The Kier molecular flexibility index (Phi) is 5.17. The van der Waals surface area contributed by atoms with Crippen LogP contribution in [0.5, 0.6) is 0 Å². The summed E-state index contributed by atoms with van der Waals surface area (Å²) in [5.41, 5.74) is 0. The highest BCUT2D eigenvalue weighted by Gasteiger charge is 1.56. The van der Waals surface area contributed by atoms with Gasteiger partial charge in [0.05, 0.1) is 6.33 Å². The van der Waals surface area contributed by atoms with Gasteiger partial charge in [0.1, 0.15) is 0 Å². The highest BCUT2D eigenvalue weighted by atomic mass is 14.8. The molecule has 0 amide bonds. The Balaban J connectivity index is 0.000000145. The first-order chi connectivity index (χ1) is 3.91. The van der Waals surface area contributed by atoms with Crippen LogP contribution in [-0.2, 0) is 0 Å². The largest absolute Gasteiger partial charge is 0.351 e. The molecule has 1 heterocycles. The second-order valence-corrected chi connectivity index (χ2v) is 1.17. The molecule has 0 aliphatic carbocycles. The summed E-state index contributed by atoms with van der Waals surface area (Å²) < 4.78 is 0. The maximum atomic E-state index is 3.67. The van der Waals surface area contributed by atoms with Crippen LogP contribution in [0.4, 0.5) is 0 Å². The number of rotatable bonds is 0. The van der Waals surface area contributed by atoms with Crippen LogP contribution in [0.2, 0.25) is 0 Å². The second kappa shape index (κ2) is 5.95. The van der Waals surface area contributed by atoms with Crippen LogP contribution in [0.25, 0.3) is 0 Å². The van der Waals surface area contributed by atoms with Gasteiger partial charge in [-0.3, -0.25) is 0 Å². The lowest BCUT2D eigenvalue weighted by atomic mass is 10.8. The van der Waals surface area contributed by atoms with E-state index in [0.29, 0.717) is 0 Å². The molecule has 0 bridgehead atoms. The molecule has 0 aliphatic heterocycles. The molecule has 0 unspecified atom stereocenters. The van der Waals surface area contributed by atoms with Crippen molar-refractivity contribution in [2.24, 2.45) is 0 Å². The summed E-state index contributed by atoms with van der Waals surface area (Å²) in [6, 6.07) is 0. The Morgan fingerprint density at radius 1 is 1.75 bits per heavy atom. The number of nitrogens with one attached hydrogen (secondary N) is 1. The van der Waals surface area contributed by atoms with Gasteiger partial charge in [-0.1, -0.05) is 6.08 Å². The van der Waals surface area contributed by atoms with Gasteiger partial charge in [-0.15, -0.1) is 6.58 Å². The van der Waals surface area contributed by atoms with E-state index in [4.69, 9.17) is 0 Å². The summed E-state index contributed by atoms with van der Waals surface area (Å²) in [7, 11) is 0. The van der Waals surface area contributed by atoms with Gasteiger partial charge in [-0.2, -0.15) is 0 Å². The molecular weight excluding hydrogens is 100 g/mol. The number of hydrogen-bond donors (Lipinski definition) is 1. The van der Waals surface area contributed by atoms with Crippen molar-refractivity contribution < 1.29 is 0 Å². The minimum atomic E-state index is 1.62. The SMILES string of the molecule is C=CC.c1c[nH]cn1. The van der Waals surface area contributed by atoms with Gasteiger partial charge in [-0.05, 0) is 6.92 Å². The number of H-pyrrole nitrogens is 1. The van der Waals surface area contributed by atoms with Crippen molar-refractivity contribution in [1.29, 1.82) is 0 Å². The topological polar surface area (TPSA) is 28.7 Å². The molecule has 1 rings (SSSR count). The van der Waals surface area contributed by atoms with E-state index in [1.54, 1.807) is 24.8 Å². The first-order valence-electron chi connectivity index (χ1n) is 2.41. The van der Waals surface area contributed by atoms with Crippen molar-refractivity contribution in [3.8, 4) is 0 Å². The van der Waals surface area contributed by atoms with E-state index < -0.39 is 0 Å². The number of aromatic amines is 1. The Labute approximate surface area is 49.3 Å². The van der Waals surface area contributed by atoms with Crippen molar-refractivity contribution in [3.05, 3.63) is 31.4 Å². The molecule has 8 heavy (non-hydrogen) atoms. The molecule has 2 heteroatoms. The third-order valence-corrected chi connectivity index (χ3v) is 0.406. The summed E-state index contributed by atoms with van der Waals surface area (Å²) in [5, 5.41) is 0. The predicted octanol–water partition coefficient (Wildman–Crippen LogP) is 1.60. The molecule has 0 spiro atoms. The zero-order valence-electron chi connectivity index (χ0n) is 4.96. The molecule has 0 saturated heterocycles. The molecular formula is C6H10N2. The second-order valence-electron chi connectivity index (χ2n) is 1.17. The van der Waals surface area contributed by atoms with Gasteiger partial charge in [-0.25, -0.2) is 4.98 Å². The summed E-state index contributed by atoms with van der Waals surface area (Å²) in [5.74, 6) is 0. The molecule has 2 nitrogen and oxygen atoms in total. The van der Waals surface area contributed by atoms with Gasteiger partial charge in [0.15, 0.2) is 0 Å². The molecule has 44 valence electrons. The molecule has 0 saturated carbocycles. The Hall–Kier alpha value is -1.05. The summed E-state index contributed by atoms with van der Waals surface area (Å²) in [4.78, 5) is 6.42. The van der Waals surface area contributed by atoms with Crippen molar-refractivity contribution in [1.82, 2.24) is 9.97 Å². The van der Waals surface area contributed by atoms with E-state index in [1.807, 2.05) is 6.92 Å². The standard InChI is InChI=1S/C3H4N2.C3H6/c1-2-5-3-4-1;1-3-2/h1-3H,(H,4,5);3H,1H2,2H3. The summed E-state index contributed by atoms with van der Waals surface area (Å²) in [6.07, 6.45) is 6.83. The van der Waals surface area contributed by atoms with Gasteiger partial charge in [0.25, 0.3) is 0 Å². The molecule has 1 N–H and O–H groups in total. The van der Waals surface area contributed by atoms with Gasteiger partial charge in [0.2, 0.25) is 0 Å². The molecule has 0 atom stereocenters. The molecule has 0 aromatic carbocycles. The van der Waals surface area contributed by atoms with Crippen molar-refractivity contribution in [2.45, 2.75) is 6.92 Å². The molecule has 1 aromatic rings. The van der Waals surface area contributed by atoms with Crippen LogP contribution in [-0.4, -0.2) is 9.97 Å². The third kappa shape index (κ3) is 4.95. The molecule has 0 fully saturated rings. The predicted molar refractivity (Wildman–Crippen MR) is 34.5 cm³/mol. The number of hydrogen-bond acceptors (Lipinski definition) is 1. The molecule has 0 radical (unpaired) electrons. The summed E-state index contributed by atoms with van der Waals surface area (Å²) >= 11 is 0. The van der Waals surface area contributed by atoms with E-state index >= 15 is 0 Å². The Morgan fingerprint density at radius 2 is 2.38 bits per heavy atom. The fourth-order valence-electron chi connectivity index (χ4n) is 0.215. The first-order valence-corrected chi connectivity index (χ1v) is 2.41. The van der Waals surface area contributed by atoms with E-state index in [9.17, 15) is 0 Å². The van der Waals surface area contributed by atoms with E-state index in [1.165, 1.54) is 0 Å². The zero-order chi connectivity index (χ0) is 6.24. The maximum absolute atomic E-state index is 3.67. The Morgan fingerprint density at radius 3 is 2.50 bits per heavy atom. The monoisotopic (exact) mass is 110 g/mol. The lowest BCUT2D eigenvalue weighted by Crippen LogP contribution is -1.44. The first kappa shape index (κ1) is 6.95. The van der Waals surface area contributed by atoms with Crippen LogP contribution in [0.3, 0.4) is 0 Å². The third-order valence-electron chi connectivity index (χ3n) is 0.406. The van der Waals surface area contributed by atoms with E-state index in [0.717, 1.165) is 0 Å². The highest BCUT2D eigenvalue weighted by molar-refractivity contribution is 4.64. The van der Waals surface area contributed by atoms with Gasteiger partial charge in [0, 0.05) is 12.4 Å². The van der Waals surface area contributed by atoms with Crippen LogP contribution in [0, 0.1) is 0 Å². The number of aromatic nitrogens is 2. The van der Waals surface area contributed by atoms with Crippen molar-refractivity contribution >= 4 is 0 Å². The van der Waals surface area contributed by atoms with E-state index in [2.05, 4.69) is 16.5 Å². The maximum Gasteiger partial charge on any atom is 0.0919 e. The average Bonchev–Trinajstić information content (AvgIpc) is 2.17. The summed E-state index contributed by atoms with van der Waals surface area (Å²) in [6.45, 7) is 5.25. The number of imidazole rings is 1. The van der Waals surface area contributed by atoms with Crippen LogP contribution < -0.4 is 0 Å². The van der Waals surface area contributed by atoms with Crippen LogP contribution in [0.1, 0.15) is 6.92 Å². The molecule has 0 aliphatic rings. The highest BCUT2D eigenvalue weighted by Crippen LogP contribution is 1.62. The number of allylic oxidation sites excluding steroid dienone is 1. The number of nitrogens with zero attached hydrogens (tertiary/aromatic N) is 1. The van der Waals surface area contributed by atoms with Crippen LogP contribution >= 0.6 is 0 Å². The lowest BCUT2D eigenvalue weighted by molar-refractivity contribution is 1.31. The zero-order valence-corrected chi connectivity index (χ0v) is 4.96. The minimum Gasteiger partial charge on any atom is -0.351 e. The fraction of sp³-hybridized carbons (Fsp3) is 0.167. The quantitative estimate of drug-likeness (QED) is 0.505. The van der Waals surface area contributed by atoms with Crippen LogP contribution in [0.15, 0.2) is 31.4 Å². The Bertz CT molecular complexity index is 92.9. The van der Waals surface area contributed by atoms with E-state index in [-0.39, 0.29) is 0 Å². The van der Waals surface area contributed by atoms with Gasteiger partial charge < -0.3 is 4.98 Å². The average molecular weight is 110 g/mol.